The molecule has 0 amide bonds. The molecular weight excluding hydrogens is 200 g/mol. The smallest absolute Gasteiger partial charge is 0.222 e. The van der Waals surface area contributed by atoms with Crippen LogP contribution in [0.25, 0.3) is 0 Å². The number of hydrogen-bond donors (Lipinski definition) is 2. The molecule has 3 N–H and O–H groups in total. The summed E-state index contributed by atoms with van der Waals surface area (Å²) < 4.78 is 0. The molecule has 1 heterocycles. The number of nitrogens with zero attached hydrogens (tertiary/aromatic N) is 2. The largest absolute Gasteiger partial charge is 0.354 e. The fraction of sp³-hybridized carbons (Fsp3) is 0.667. The van der Waals surface area contributed by atoms with Crippen molar-refractivity contribution in [3.05, 3.63) is 18.0 Å². The predicted molar refractivity (Wildman–Crippen MR) is 67.4 cm³/mol. The fourth-order valence-electron chi connectivity index (χ4n) is 1.45. The van der Waals surface area contributed by atoms with Gasteiger partial charge in [0.05, 0.1) is 0 Å². The Kier molecular flexibility index (Phi) is 4.68. The van der Waals surface area contributed by atoms with Crippen LogP contribution in [-0.2, 0) is 6.42 Å². The second-order valence-electron chi connectivity index (χ2n) is 5.22. The Hall–Kier alpha value is -1.16. The summed E-state index contributed by atoms with van der Waals surface area (Å²) in [6.45, 7) is 8.14. The molecule has 1 aromatic heterocycles. The van der Waals surface area contributed by atoms with Gasteiger partial charge in [-0.2, -0.15) is 0 Å². The molecule has 0 fully saturated rings. The molecule has 0 atom stereocenters. The molecule has 0 saturated carbocycles. The lowest BCUT2D eigenvalue weighted by Gasteiger charge is -2.17. The van der Waals surface area contributed by atoms with Crippen molar-refractivity contribution in [2.24, 2.45) is 11.1 Å². The van der Waals surface area contributed by atoms with Crippen molar-refractivity contribution in [1.29, 1.82) is 0 Å². The minimum atomic E-state index is 0.276. The zero-order valence-corrected chi connectivity index (χ0v) is 10.5. The molecule has 0 bridgehead atoms. The van der Waals surface area contributed by atoms with Gasteiger partial charge < -0.3 is 11.1 Å². The summed E-state index contributed by atoms with van der Waals surface area (Å²) in [5, 5.41) is 3.13. The summed E-state index contributed by atoms with van der Waals surface area (Å²) >= 11 is 0. The first-order valence-electron chi connectivity index (χ1n) is 5.76. The van der Waals surface area contributed by atoms with E-state index in [4.69, 9.17) is 5.73 Å². The van der Waals surface area contributed by atoms with Crippen LogP contribution in [0.15, 0.2) is 12.4 Å². The van der Waals surface area contributed by atoms with Crippen molar-refractivity contribution in [2.75, 3.05) is 18.4 Å². The first kappa shape index (κ1) is 12.9. The summed E-state index contributed by atoms with van der Waals surface area (Å²) in [6, 6.07) is 0. The number of anilines is 1. The number of aromatic nitrogens is 2. The van der Waals surface area contributed by atoms with Gasteiger partial charge in [0.2, 0.25) is 5.95 Å². The number of nitrogens with one attached hydrogen (secondary N) is 1. The van der Waals surface area contributed by atoms with Crippen molar-refractivity contribution < 1.29 is 0 Å². The number of hydrogen-bond acceptors (Lipinski definition) is 4. The van der Waals surface area contributed by atoms with Gasteiger partial charge in [0.25, 0.3) is 0 Å². The van der Waals surface area contributed by atoms with E-state index in [1.54, 1.807) is 0 Å². The molecule has 0 unspecified atom stereocenters. The molecule has 0 aromatic carbocycles. The highest BCUT2D eigenvalue weighted by atomic mass is 15.1. The summed E-state index contributed by atoms with van der Waals surface area (Å²) in [7, 11) is 0. The van der Waals surface area contributed by atoms with Crippen LogP contribution in [0.5, 0.6) is 0 Å². The summed E-state index contributed by atoms with van der Waals surface area (Å²) in [5.74, 6) is 0.686. The zero-order chi connectivity index (χ0) is 12.0. The van der Waals surface area contributed by atoms with E-state index in [0.717, 1.165) is 19.4 Å². The topological polar surface area (TPSA) is 63.8 Å². The van der Waals surface area contributed by atoms with E-state index in [1.165, 1.54) is 5.56 Å². The van der Waals surface area contributed by atoms with Gasteiger partial charge in [0, 0.05) is 18.9 Å². The standard InChI is InChI=1S/C12H22N4/c1-12(2,3)7-10-8-15-11(16-9-10)14-6-4-5-13/h8-9H,4-7,13H2,1-3H3,(H,14,15,16). The normalized spacial score (nSPS) is 11.5. The second-order valence-corrected chi connectivity index (χ2v) is 5.22. The van der Waals surface area contributed by atoms with E-state index in [0.29, 0.717) is 12.5 Å². The van der Waals surface area contributed by atoms with Crippen molar-refractivity contribution >= 4 is 5.95 Å². The summed E-state index contributed by atoms with van der Waals surface area (Å²) in [5.41, 5.74) is 6.86. The van der Waals surface area contributed by atoms with Gasteiger partial charge in [0.15, 0.2) is 0 Å². The van der Waals surface area contributed by atoms with Crippen LogP contribution >= 0.6 is 0 Å². The maximum Gasteiger partial charge on any atom is 0.222 e. The Labute approximate surface area is 97.7 Å². The van der Waals surface area contributed by atoms with Gasteiger partial charge >= 0.3 is 0 Å². The van der Waals surface area contributed by atoms with Gasteiger partial charge in [-0.25, -0.2) is 9.97 Å². The molecule has 16 heavy (non-hydrogen) atoms. The first-order chi connectivity index (χ1) is 7.51. The maximum atomic E-state index is 5.41. The van der Waals surface area contributed by atoms with E-state index >= 15 is 0 Å². The lowest BCUT2D eigenvalue weighted by atomic mass is 9.89. The number of rotatable bonds is 5. The van der Waals surface area contributed by atoms with E-state index in [1.807, 2.05) is 12.4 Å². The van der Waals surface area contributed by atoms with Crippen LogP contribution in [0.2, 0.25) is 0 Å². The molecule has 0 aliphatic rings. The van der Waals surface area contributed by atoms with Crippen LogP contribution in [0.3, 0.4) is 0 Å². The molecule has 0 spiro atoms. The summed E-state index contributed by atoms with van der Waals surface area (Å²) in [4.78, 5) is 8.54. The van der Waals surface area contributed by atoms with Gasteiger partial charge in [-0.3, -0.25) is 0 Å². The highest BCUT2D eigenvalue weighted by Crippen LogP contribution is 2.19. The minimum Gasteiger partial charge on any atom is -0.354 e. The van der Waals surface area contributed by atoms with Crippen LogP contribution in [0.1, 0.15) is 32.8 Å². The Bertz CT molecular complexity index is 300. The average Bonchev–Trinajstić information content (AvgIpc) is 2.19. The molecule has 0 aliphatic carbocycles. The van der Waals surface area contributed by atoms with Crippen molar-refractivity contribution in [3.63, 3.8) is 0 Å². The maximum absolute atomic E-state index is 5.41. The molecule has 0 aliphatic heterocycles. The predicted octanol–water partition coefficient (Wildman–Crippen LogP) is 1.83. The van der Waals surface area contributed by atoms with Gasteiger partial charge in [0.1, 0.15) is 0 Å². The highest BCUT2D eigenvalue weighted by molar-refractivity contribution is 5.24. The Morgan fingerprint density at radius 2 is 1.88 bits per heavy atom. The van der Waals surface area contributed by atoms with E-state index in [2.05, 4.69) is 36.1 Å². The molecule has 90 valence electrons. The lowest BCUT2D eigenvalue weighted by molar-refractivity contribution is 0.410. The molecule has 0 radical (unpaired) electrons. The summed E-state index contributed by atoms with van der Waals surface area (Å²) in [6.07, 6.45) is 5.72. The van der Waals surface area contributed by atoms with Crippen LogP contribution in [0.4, 0.5) is 5.95 Å². The minimum absolute atomic E-state index is 0.276. The Morgan fingerprint density at radius 3 is 2.38 bits per heavy atom. The molecule has 1 aromatic rings. The SMILES string of the molecule is CC(C)(C)Cc1cnc(NCCCN)nc1. The van der Waals surface area contributed by atoms with Crippen LogP contribution in [0, 0.1) is 5.41 Å². The zero-order valence-electron chi connectivity index (χ0n) is 10.5. The van der Waals surface area contributed by atoms with E-state index in [-0.39, 0.29) is 5.41 Å². The second kappa shape index (κ2) is 5.80. The van der Waals surface area contributed by atoms with Crippen molar-refractivity contribution in [3.8, 4) is 0 Å². The third kappa shape index (κ3) is 5.07. The van der Waals surface area contributed by atoms with Gasteiger partial charge in [-0.1, -0.05) is 20.8 Å². The lowest BCUT2D eigenvalue weighted by Crippen LogP contribution is -2.12. The van der Waals surface area contributed by atoms with Gasteiger partial charge in [-0.15, -0.1) is 0 Å². The molecule has 0 saturated heterocycles. The average molecular weight is 222 g/mol. The van der Waals surface area contributed by atoms with Crippen LogP contribution < -0.4 is 11.1 Å². The highest BCUT2D eigenvalue weighted by Gasteiger charge is 2.11. The van der Waals surface area contributed by atoms with Gasteiger partial charge in [-0.05, 0) is 30.4 Å². The van der Waals surface area contributed by atoms with Crippen molar-refractivity contribution in [1.82, 2.24) is 9.97 Å². The Morgan fingerprint density at radius 1 is 1.25 bits per heavy atom. The monoisotopic (exact) mass is 222 g/mol. The third-order valence-corrected chi connectivity index (χ3v) is 2.10. The quantitative estimate of drug-likeness (QED) is 0.746. The molecular formula is C12H22N4. The molecule has 1 rings (SSSR count). The Balaban J connectivity index is 2.48. The van der Waals surface area contributed by atoms with Crippen LogP contribution in [-0.4, -0.2) is 23.1 Å². The number of nitrogens with two attached hydrogens (primary N) is 1. The molecule has 4 nitrogen and oxygen atoms in total. The third-order valence-electron chi connectivity index (χ3n) is 2.10. The van der Waals surface area contributed by atoms with Crippen molar-refractivity contribution in [2.45, 2.75) is 33.6 Å². The van der Waals surface area contributed by atoms with E-state index < -0.39 is 0 Å². The fourth-order valence-corrected chi connectivity index (χ4v) is 1.45. The molecule has 4 heteroatoms. The van der Waals surface area contributed by atoms with E-state index in [9.17, 15) is 0 Å². The first-order valence-corrected chi connectivity index (χ1v) is 5.76.